The molecule has 0 fully saturated rings. The molecule has 4 N–H and O–H groups in total. The van der Waals surface area contributed by atoms with E-state index in [-0.39, 0.29) is 17.2 Å². The van der Waals surface area contributed by atoms with E-state index in [0.717, 1.165) is 13.0 Å². The highest BCUT2D eigenvalue weighted by molar-refractivity contribution is 7.14. The maximum absolute atomic E-state index is 12.3. The molecular weight excluding hydrogens is 350 g/mol. The minimum absolute atomic E-state index is 0.0909. The van der Waals surface area contributed by atoms with Gasteiger partial charge in [-0.05, 0) is 49.7 Å². The van der Waals surface area contributed by atoms with E-state index in [1.54, 1.807) is 11.4 Å². The standard InChI is InChI=1S/C16H18ClN3O3S/c1-18-6-2-7-19-14(22)12-5-8-24-16(12)20-15(23)11-4-3-10(17)9-13(11)21/h3-5,8-9,18,21H,2,6-7H2,1H3,(H,19,22)(H,20,23). The fraction of sp³-hybridized carbons (Fsp3) is 0.250. The first-order chi connectivity index (χ1) is 11.5. The second-order valence-corrected chi connectivity index (χ2v) is 6.34. The molecule has 24 heavy (non-hydrogen) atoms. The van der Waals surface area contributed by atoms with Crippen LogP contribution in [0.15, 0.2) is 29.6 Å². The number of rotatable bonds is 7. The van der Waals surface area contributed by atoms with Gasteiger partial charge in [-0.2, -0.15) is 0 Å². The summed E-state index contributed by atoms with van der Waals surface area (Å²) >= 11 is 7.00. The summed E-state index contributed by atoms with van der Waals surface area (Å²) in [4.78, 5) is 24.4. The van der Waals surface area contributed by atoms with E-state index in [1.165, 1.54) is 29.5 Å². The summed E-state index contributed by atoms with van der Waals surface area (Å²) in [5.74, 6) is -0.964. The van der Waals surface area contributed by atoms with Crippen LogP contribution in [0.3, 0.4) is 0 Å². The largest absolute Gasteiger partial charge is 0.507 e. The third kappa shape index (κ3) is 4.70. The van der Waals surface area contributed by atoms with E-state index < -0.39 is 5.91 Å². The molecule has 2 rings (SSSR count). The third-order valence-electron chi connectivity index (χ3n) is 3.23. The van der Waals surface area contributed by atoms with E-state index >= 15 is 0 Å². The van der Waals surface area contributed by atoms with Crippen LogP contribution in [-0.4, -0.2) is 37.1 Å². The molecule has 0 radical (unpaired) electrons. The normalized spacial score (nSPS) is 10.4. The van der Waals surface area contributed by atoms with Crippen molar-refractivity contribution in [2.75, 3.05) is 25.5 Å². The van der Waals surface area contributed by atoms with Gasteiger partial charge in [0.15, 0.2) is 0 Å². The van der Waals surface area contributed by atoms with Crippen LogP contribution in [0.1, 0.15) is 27.1 Å². The molecule has 2 aromatic rings. The highest BCUT2D eigenvalue weighted by atomic mass is 35.5. The molecule has 0 bridgehead atoms. The predicted molar refractivity (Wildman–Crippen MR) is 96.3 cm³/mol. The Morgan fingerprint density at radius 2 is 1.96 bits per heavy atom. The summed E-state index contributed by atoms with van der Waals surface area (Å²) in [5, 5.41) is 20.8. The molecule has 2 amide bonds. The lowest BCUT2D eigenvalue weighted by molar-refractivity contribution is 0.0954. The molecule has 6 nitrogen and oxygen atoms in total. The molecule has 1 aromatic carbocycles. The number of carbonyl (C=O) groups is 2. The Morgan fingerprint density at radius 1 is 1.17 bits per heavy atom. The van der Waals surface area contributed by atoms with Crippen LogP contribution in [-0.2, 0) is 0 Å². The highest BCUT2D eigenvalue weighted by Crippen LogP contribution is 2.27. The van der Waals surface area contributed by atoms with Gasteiger partial charge in [-0.25, -0.2) is 0 Å². The second-order valence-electron chi connectivity index (χ2n) is 4.99. The van der Waals surface area contributed by atoms with E-state index in [4.69, 9.17) is 11.6 Å². The van der Waals surface area contributed by atoms with Crippen molar-refractivity contribution in [2.45, 2.75) is 6.42 Å². The van der Waals surface area contributed by atoms with Crippen molar-refractivity contribution in [1.82, 2.24) is 10.6 Å². The Kier molecular flexibility index (Phi) is 6.60. The Balaban J connectivity index is 2.04. The highest BCUT2D eigenvalue weighted by Gasteiger charge is 2.17. The van der Waals surface area contributed by atoms with Crippen LogP contribution in [0, 0.1) is 0 Å². The monoisotopic (exact) mass is 367 g/mol. The van der Waals surface area contributed by atoms with Crippen LogP contribution >= 0.6 is 22.9 Å². The van der Waals surface area contributed by atoms with Gasteiger partial charge in [0.25, 0.3) is 11.8 Å². The lowest BCUT2D eigenvalue weighted by Crippen LogP contribution is -2.27. The van der Waals surface area contributed by atoms with Crippen molar-refractivity contribution in [2.24, 2.45) is 0 Å². The second kappa shape index (κ2) is 8.68. The van der Waals surface area contributed by atoms with Gasteiger partial charge in [-0.15, -0.1) is 11.3 Å². The van der Waals surface area contributed by atoms with Crippen molar-refractivity contribution in [3.63, 3.8) is 0 Å². The molecule has 0 unspecified atom stereocenters. The number of halogens is 1. The van der Waals surface area contributed by atoms with Gasteiger partial charge in [0.2, 0.25) is 0 Å². The molecule has 0 saturated heterocycles. The maximum Gasteiger partial charge on any atom is 0.260 e. The van der Waals surface area contributed by atoms with E-state index in [9.17, 15) is 14.7 Å². The van der Waals surface area contributed by atoms with Gasteiger partial charge in [0.05, 0.1) is 11.1 Å². The molecule has 0 aliphatic carbocycles. The molecule has 0 atom stereocenters. The summed E-state index contributed by atoms with van der Waals surface area (Å²) in [5.41, 5.74) is 0.486. The summed E-state index contributed by atoms with van der Waals surface area (Å²) in [6, 6.07) is 5.88. The molecule has 8 heteroatoms. The van der Waals surface area contributed by atoms with Crippen LogP contribution in [0.25, 0.3) is 0 Å². The quantitative estimate of drug-likeness (QED) is 0.566. The Morgan fingerprint density at radius 3 is 2.67 bits per heavy atom. The zero-order valence-corrected chi connectivity index (χ0v) is 14.6. The van der Waals surface area contributed by atoms with Crippen molar-refractivity contribution in [3.8, 4) is 5.75 Å². The number of amides is 2. The number of benzene rings is 1. The van der Waals surface area contributed by atoms with Gasteiger partial charge in [-0.3, -0.25) is 9.59 Å². The van der Waals surface area contributed by atoms with Gasteiger partial charge < -0.3 is 21.1 Å². The number of anilines is 1. The van der Waals surface area contributed by atoms with E-state index in [2.05, 4.69) is 16.0 Å². The van der Waals surface area contributed by atoms with Crippen LogP contribution < -0.4 is 16.0 Å². The average Bonchev–Trinajstić information content (AvgIpc) is 2.99. The fourth-order valence-corrected chi connectivity index (χ4v) is 2.96. The average molecular weight is 368 g/mol. The molecule has 0 aliphatic heterocycles. The number of phenolic OH excluding ortho intramolecular Hbond substituents is 1. The Labute approximate surface area is 148 Å². The number of hydrogen-bond acceptors (Lipinski definition) is 5. The van der Waals surface area contributed by atoms with Crippen LogP contribution in [0.2, 0.25) is 5.02 Å². The lowest BCUT2D eigenvalue weighted by Gasteiger charge is -2.09. The van der Waals surface area contributed by atoms with Gasteiger partial charge in [0, 0.05) is 11.6 Å². The number of phenols is 1. The van der Waals surface area contributed by atoms with Crippen LogP contribution in [0.5, 0.6) is 5.75 Å². The minimum atomic E-state index is -0.504. The first-order valence-corrected chi connectivity index (χ1v) is 8.59. The van der Waals surface area contributed by atoms with E-state index in [1.807, 2.05) is 7.05 Å². The first-order valence-electron chi connectivity index (χ1n) is 7.33. The summed E-state index contributed by atoms with van der Waals surface area (Å²) in [6.07, 6.45) is 0.812. The lowest BCUT2D eigenvalue weighted by atomic mass is 10.2. The van der Waals surface area contributed by atoms with E-state index in [0.29, 0.717) is 22.1 Å². The Bertz CT molecular complexity index is 733. The number of carbonyl (C=O) groups excluding carboxylic acids is 2. The number of aromatic hydroxyl groups is 1. The topological polar surface area (TPSA) is 90.5 Å². The molecular formula is C16H18ClN3O3S. The molecule has 128 valence electrons. The zero-order chi connectivity index (χ0) is 17.5. The molecule has 0 saturated carbocycles. The summed E-state index contributed by atoms with van der Waals surface area (Å²) < 4.78 is 0. The van der Waals surface area contributed by atoms with Gasteiger partial charge >= 0.3 is 0 Å². The summed E-state index contributed by atoms with van der Waals surface area (Å²) in [6.45, 7) is 1.35. The Hall–Kier alpha value is -2.09. The molecule has 0 aliphatic rings. The van der Waals surface area contributed by atoms with Crippen molar-refractivity contribution >= 4 is 39.8 Å². The fourth-order valence-electron chi connectivity index (χ4n) is 2.01. The first kappa shape index (κ1) is 18.3. The smallest absolute Gasteiger partial charge is 0.260 e. The maximum atomic E-state index is 12.3. The third-order valence-corrected chi connectivity index (χ3v) is 4.30. The van der Waals surface area contributed by atoms with Crippen molar-refractivity contribution < 1.29 is 14.7 Å². The minimum Gasteiger partial charge on any atom is -0.507 e. The molecule has 1 aromatic heterocycles. The number of thiophene rings is 1. The summed E-state index contributed by atoms with van der Waals surface area (Å²) in [7, 11) is 1.85. The molecule has 1 heterocycles. The SMILES string of the molecule is CNCCCNC(=O)c1ccsc1NC(=O)c1ccc(Cl)cc1O. The van der Waals surface area contributed by atoms with Crippen molar-refractivity contribution in [3.05, 3.63) is 45.8 Å². The zero-order valence-electron chi connectivity index (χ0n) is 13.1. The van der Waals surface area contributed by atoms with Crippen molar-refractivity contribution in [1.29, 1.82) is 0 Å². The molecule has 0 spiro atoms. The predicted octanol–water partition coefficient (Wildman–Crippen LogP) is 2.70. The van der Waals surface area contributed by atoms with Crippen LogP contribution in [0.4, 0.5) is 5.00 Å². The number of hydrogen-bond donors (Lipinski definition) is 4. The van der Waals surface area contributed by atoms with Gasteiger partial charge in [0.1, 0.15) is 10.8 Å². The number of nitrogens with one attached hydrogen (secondary N) is 3. The van der Waals surface area contributed by atoms with Gasteiger partial charge in [-0.1, -0.05) is 11.6 Å².